The first-order valence-electron chi connectivity index (χ1n) is 13.6. The number of Topliss-reactive ketones (excluding diaryl/α,β-unsaturated/α-hetero) is 1. The summed E-state index contributed by atoms with van der Waals surface area (Å²) < 4.78 is 27.1. The summed E-state index contributed by atoms with van der Waals surface area (Å²) in [5.74, 6) is -3.61. The number of ketones is 2. The highest BCUT2D eigenvalue weighted by Crippen LogP contribution is 2.69. The van der Waals surface area contributed by atoms with Crippen LogP contribution in [0, 0.1) is 34.5 Å². The summed E-state index contributed by atoms with van der Waals surface area (Å²) in [6.45, 7) is 6.16. The number of benzene rings is 1. The molecule has 9 atom stereocenters. The minimum atomic E-state index is -1.70. The molecule has 4 aliphatic carbocycles. The molecule has 0 aliphatic heterocycles. The lowest BCUT2D eigenvalue weighted by atomic mass is 9.46. The lowest BCUT2D eigenvalue weighted by molar-refractivity contribution is -0.188. The molecule has 3 fully saturated rings. The number of rotatable bonds is 5. The zero-order chi connectivity index (χ0) is 28.3. The number of carbonyl (C=O) groups is 4. The van der Waals surface area contributed by atoms with Gasteiger partial charge in [-0.2, -0.15) is 0 Å². The topological polar surface area (TPSA) is 107 Å². The van der Waals surface area contributed by atoms with Crippen molar-refractivity contribution in [3.8, 4) is 0 Å². The van der Waals surface area contributed by atoms with Gasteiger partial charge in [-0.1, -0.05) is 45.0 Å². The van der Waals surface area contributed by atoms with E-state index in [0.29, 0.717) is 12.0 Å². The number of fused-ring (bicyclic) bond motifs is 5. The van der Waals surface area contributed by atoms with Gasteiger partial charge in [0.2, 0.25) is 5.78 Å². The van der Waals surface area contributed by atoms with E-state index in [1.165, 1.54) is 19.1 Å². The van der Waals surface area contributed by atoms with Gasteiger partial charge < -0.3 is 14.6 Å². The number of ether oxygens (including phenoxy) is 2. The monoisotopic (exact) mass is 538 g/mol. The minimum absolute atomic E-state index is 0.0953. The van der Waals surface area contributed by atoms with E-state index in [1.54, 1.807) is 36.4 Å². The first kappa shape index (κ1) is 27.4. The van der Waals surface area contributed by atoms with Crippen molar-refractivity contribution in [2.45, 2.75) is 64.8 Å². The standard InChI is InChI=1S/C31H35FO7/c1-17-12-22-21-14-24(32)23-13-20(34)10-11-29(23,3)27(21)25(35)15-30(22,4)31(17,26(36)16-38-18(2)33)39-28(37)19-8-6-5-7-9-19/h5-11,13,17,21-22,24-25,27,35H,12,14-16H2,1-4H3/t17?,21-,22-,24?,25-,27+,29-,30-,31+/m0/s1. The van der Waals surface area contributed by atoms with Crippen LogP contribution in [-0.4, -0.2) is 53.1 Å². The van der Waals surface area contributed by atoms with Gasteiger partial charge in [0.25, 0.3) is 0 Å². The quantitative estimate of drug-likeness (QED) is 0.561. The van der Waals surface area contributed by atoms with Crippen LogP contribution >= 0.6 is 0 Å². The first-order chi connectivity index (χ1) is 18.3. The van der Waals surface area contributed by atoms with Gasteiger partial charge in [-0.3, -0.25) is 14.4 Å². The zero-order valence-corrected chi connectivity index (χ0v) is 22.7. The summed E-state index contributed by atoms with van der Waals surface area (Å²) in [6.07, 6.45) is 2.84. The summed E-state index contributed by atoms with van der Waals surface area (Å²) in [5, 5.41) is 11.7. The smallest absolute Gasteiger partial charge is 0.339 e. The van der Waals surface area contributed by atoms with Crippen molar-refractivity contribution >= 4 is 23.5 Å². The van der Waals surface area contributed by atoms with Crippen molar-refractivity contribution < 1.29 is 38.1 Å². The van der Waals surface area contributed by atoms with E-state index >= 15 is 4.39 Å². The summed E-state index contributed by atoms with van der Waals surface area (Å²) in [4.78, 5) is 51.2. The van der Waals surface area contributed by atoms with Gasteiger partial charge in [0, 0.05) is 29.6 Å². The van der Waals surface area contributed by atoms with E-state index in [2.05, 4.69) is 0 Å². The molecule has 208 valence electrons. The Labute approximate surface area is 227 Å². The molecular formula is C31H35FO7. The Morgan fingerprint density at radius 1 is 1.13 bits per heavy atom. The van der Waals surface area contributed by atoms with Crippen LogP contribution in [0.2, 0.25) is 0 Å². The molecule has 2 unspecified atom stereocenters. The van der Waals surface area contributed by atoms with Crippen molar-refractivity contribution in [3.05, 3.63) is 59.7 Å². The molecular weight excluding hydrogens is 503 g/mol. The molecule has 0 saturated heterocycles. The van der Waals surface area contributed by atoms with Crippen LogP contribution in [0.25, 0.3) is 0 Å². The Morgan fingerprint density at radius 3 is 2.49 bits per heavy atom. The lowest BCUT2D eigenvalue weighted by Gasteiger charge is -2.60. The third-order valence-electron chi connectivity index (χ3n) is 10.1. The van der Waals surface area contributed by atoms with Crippen molar-refractivity contribution in [1.29, 1.82) is 0 Å². The molecule has 0 radical (unpaired) electrons. The SMILES string of the molecule is CC(=O)OCC(=O)[C@]1(OC(=O)c2ccccc2)C(C)C[C@H]2[C@@H]3CC(F)C4=CC(=O)C=C[C@]4(C)[C@H]3[C@@H](O)C[C@@]21C. The molecule has 8 heteroatoms. The number of alkyl halides is 1. The van der Waals surface area contributed by atoms with Crippen molar-refractivity contribution in [2.24, 2.45) is 34.5 Å². The van der Waals surface area contributed by atoms with Gasteiger partial charge in [-0.25, -0.2) is 9.18 Å². The fourth-order valence-electron chi connectivity index (χ4n) is 8.57. The Balaban J connectivity index is 1.59. The number of halogens is 1. The number of esters is 2. The number of allylic oxidation sites excluding steroid dienone is 4. The number of carbonyl (C=O) groups excluding carboxylic acids is 4. The first-order valence-corrected chi connectivity index (χ1v) is 13.6. The van der Waals surface area contributed by atoms with Crippen molar-refractivity contribution in [2.75, 3.05) is 6.61 Å². The highest BCUT2D eigenvalue weighted by atomic mass is 19.1. The molecule has 0 heterocycles. The van der Waals surface area contributed by atoms with Crippen molar-refractivity contribution in [1.82, 2.24) is 0 Å². The molecule has 1 aromatic rings. The van der Waals surface area contributed by atoms with E-state index in [9.17, 15) is 24.3 Å². The summed E-state index contributed by atoms with van der Waals surface area (Å²) in [5.41, 5.74) is -2.95. The van der Waals surface area contributed by atoms with Crippen molar-refractivity contribution in [3.63, 3.8) is 0 Å². The maximum absolute atomic E-state index is 15.8. The van der Waals surface area contributed by atoms with Crippen LogP contribution in [0.4, 0.5) is 4.39 Å². The molecule has 1 aromatic carbocycles. The van der Waals surface area contributed by atoms with Gasteiger partial charge in [-0.15, -0.1) is 0 Å². The molecule has 5 rings (SSSR count). The fraction of sp³-hybridized carbons (Fsp3) is 0.548. The van der Waals surface area contributed by atoms with Crippen LogP contribution in [0.3, 0.4) is 0 Å². The third-order valence-corrected chi connectivity index (χ3v) is 10.1. The molecule has 4 aliphatic rings. The van der Waals surface area contributed by atoms with Gasteiger partial charge in [0.05, 0.1) is 11.7 Å². The van der Waals surface area contributed by atoms with E-state index in [-0.39, 0.29) is 41.9 Å². The van der Waals surface area contributed by atoms with Crippen LogP contribution in [-0.2, 0) is 23.9 Å². The Bertz CT molecular complexity index is 1270. The van der Waals surface area contributed by atoms with Gasteiger partial charge >= 0.3 is 11.9 Å². The van der Waals surface area contributed by atoms with Crippen LogP contribution in [0.5, 0.6) is 0 Å². The highest BCUT2D eigenvalue weighted by Gasteiger charge is 2.73. The minimum Gasteiger partial charge on any atom is -0.458 e. The third kappa shape index (κ3) is 4.01. The molecule has 1 N–H and O–H groups in total. The van der Waals surface area contributed by atoms with Gasteiger partial charge in [0.1, 0.15) is 6.17 Å². The largest absolute Gasteiger partial charge is 0.458 e. The number of hydrogen-bond acceptors (Lipinski definition) is 7. The summed E-state index contributed by atoms with van der Waals surface area (Å²) in [7, 11) is 0. The van der Waals surface area contributed by atoms with Crippen LogP contribution in [0.1, 0.15) is 57.3 Å². The second-order valence-corrected chi connectivity index (χ2v) is 12.1. The Morgan fingerprint density at radius 2 is 1.82 bits per heavy atom. The van der Waals surface area contributed by atoms with E-state index in [4.69, 9.17) is 9.47 Å². The molecule has 0 bridgehead atoms. The number of aliphatic hydroxyl groups excluding tert-OH is 1. The molecule has 7 nitrogen and oxygen atoms in total. The summed E-state index contributed by atoms with van der Waals surface area (Å²) >= 11 is 0. The average Bonchev–Trinajstić information content (AvgIpc) is 3.10. The molecule has 0 spiro atoms. The second-order valence-electron chi connectivity index (χ2n) is 12.1. The predicted octanol–water partition coefficient (Wildman–Crippen LogP) is 4.19. The molecule has 39 heavy (non-hydrogen) atoms. The van der Waals surface area contributed by atoms with Gasteiger partial charge in [0.15, 0.2) is 18.0 Å². The Hall–Kier alpha value is -3.13. The second kappa shape index (κ2) is 9.51. The maximum Gasteiger partial charge on any atom is 0.339 e. The zero-order valence-electron chi connectivity index (χ0n) is 22.7. The number of aliphatic hydroxyl groups is 1. The number of hydrogen-bond donors (Lipinski definition) is 1. The van der Waals surface area contributed by atoms with Gasteiger partial charge in [-0.05, 0) is 61.0 Å². The van der Waals surface area contributed by atoms with Crippen LogP contribution < -0.4 is 0 Å². The maximum atomic E-state index is 15.8. The average molecular weight is 539 g/mol. The molecule has 0 aromatic heterocycles. The Kier molecular flexibility index (Phi) is 6.69. The predicted molar refractivity (Wildman–Crippen MR) is 139 cm³/mol. The van der Waals surface area contributed by atoms with E-state index < -0.39 is 59.0 Å². The van der Waals surface area contributed by atoms with E-state index in [1.807, 2.05) is 20.8 Å². The normalized spacial score (nSPS) is 40.6. The molecule has 3 saturated carbocycles. The van der Waals surface area contributed by atoms with E-state index in [0.717, 1.165) is 0 Å². The lowest BCUT2D eigenvalue weighted by Crippen LogP contribution is -2.65. The molecule has 0 amide bonds. The van der Waals surface area contributed by atoms with Crippen LogP contribution in [0.15, 0.2) is 54.1 Å². The highest BCUT2D eigenvalue weighted by molar-refractivity contribution is 6.01. The fourth-order valence-corrected chi connectivity index (χ4v) is 8.57. The summed E-state index contributed by atoms with van der Waals surface area (Å²) in [6, 6.07) is 8.34.